The highest BCUT2D eigenvalue weighted by Gasteiger charge is 2.11. The minimum atomic E-state index is -0.456. The predicted molar refractivity (Wildman–Crippen MR) is 70.2 cm³/mol. The molecule has 0 aliphatic rings. The quantitative estimate of drug-likeness (QED) is 0.851. The normalized spacial score (nSPS) is 11.3. The number of unbranched alkanes of at least 4 members (excludes halogenated alkanes) is 1. The highest BCUT2D eigenvalue weighted by molar-refractivity contribution is 6.31. The van der Waals surface area contributed by atoms with Crippen LogP contribution in [-0.4, -0.2) is 23.3 Å². The van der Waals surface area contributed by atoms with E-state index >= 15 is 0 Å². The first-order valence-corrected chi connectivity index (χ1v) is 6.11. The largest absolute Gasteiger partial charge is 0.385 e. The molecule has 0 radical (unpaired) electrons. The smallest absolute Gasteiger partial charge is 0.201 e. The van der Waals surface area contributed by atoms with Crippen molar-refractivity contribution in [2.45, 2.75) is 19.4 Å². The fourth-order valence-corrected chi connectivity index (χ4v) is 2.05. The molecule has 2 rings (SSSR count). The van der Waals surface area contributed by atoms with E-state index in [4.69, 9.17) is 22.1 Å². The summed E-state index contributed by atoms with van der Waals surface area (Å²) in [6, 6.07) is 2.87. The molecule has 98 valence electrons. The van der Waals surface area contributed by atoms with E-state index in [2.05, 4.69) is 4.98 Å². The first-order chi connectivity index (χ1) is 8.63. The van der Waals surface area contributed by atoms with Crippen LogP contribution in [0.15, 0.2) is 12.1 Å². The molecule has 0 amide bonds. The number of imidazole rings is 1. The van der Waals surface area contributed by atoms with E-state index in [0.717, 1.165) is 12.8 Å². The lowest BCUT2D eigenvalue weighted by molar-refractivity contribution is 0.191. The highest BCUT2D eigenvalue weighted by atomic mass is 35.5. The molecule has 0 unspecified atom stereocenters. The summed E-state index contributed by atoms with van der Waals surface area (Å²) in [4.78, 5) is 4.17. The molecule has 2 N–H and O–H groups in total. The van der Waals surface area contributed by atoms with Crippen LogP contribution in [0.25, 0.3) is 11.0 Å². The van der Waals surface area contributed by atoms with Gasteiger partial charge in [0.25, 0.3) is 0 Å². The van der Waals surface area contributed by atoms with E-state index in [-0.39, 0.29) is 5.02 Å². The van der Waals surface area contributed by atoms with Gasteiger partial charge in [-0.25, -0.2) is 9.37 Å². The predicted octanol–water partition coefficient (Wildman–Crippen LogP) is 2.84. The molecule has 0 saturated carbocycles. The van der Waals surface area contributed by atoms with E-state index in [1.165, 1.54) is 12.1 Å². The fourth-order valence-electron chi connectivity index (χ4n) is 1.89. The van der Waals surface area contributed by atoms with Gasteiger partial charge in [0, 0.05) is 26.3 Å². The molecule has 0 spiro atoms. The Morgan fingerprint density at radius 3 is 2.94 bits per heavy atom. The number of benzene rings is 1. The lowest BCUT2D eigenvalue weighted by Gasteiger charge is -2.06. The number of hydrogen-bond acceptors (Lipinski definition) is 3. The van der Waals surface area contributed by atoms with Gasteiger partial charge in [-0.05, 0) is 18.9 Å². The fraction of sp³-hybridized carbons (Fsp3) is 0.417. The summed E-state index contributed by atoms with van der Waals surface area (Å²) < 4.78 is 20.2. The van der Waals surface area contributed by atoms with Gasteiger partial charge in [-0.2, -0.15) is 0 Å². The third kappa shape index (κ3) is 2.57. The van der Waals surface area contributed by atoms with Gasteiger partial charge in [-0.3, -0.25) is 0 Å². The van der Waals surface area contributed by atoms with Crippen molar-refractivity contribution < 1.29 is 9.13 Å². The van der Waals surface area contributed by atoms with Gasteiger partial charge < -0.3 is 15.0 Å². The third-order valence-electron chi connectivity index (χ3n) is 2.80. The molecule has 1 heterocycles. The minimum absolute atomic E-state index is 0.0616. The molecule has 0 aliphatic heterocycles. The number of aryl methyl sites for hydroxylation is 1. The van der Waals surface area contributed by atoms with Crippen LogP contribution in [0, 0.1) is 5.82 Å². The van der Waals surface area contributed by atoms with Crippen LogP contribution in [-0.2, 0) is 11.3 Å². The molecular formula is C12H15ClFN3O. The van der Waals surface area contributed by atoms with Crippen LogP contribution < -0.4 is 5.73 Å². The second kappa shape index (κ2) is 5.54. The molecular weight excluding hydrogens is 257 g/mol. The summed E-state index contributed by atoms with van der Waals surface area (Å²) in [6.45, 7) is 1.39. The van der Waals surface area contributed by atoms with Gasteiger partial charge in [0.05, 0.1) is 16.1 Å². The lowest BCUT2D eigenvalue weighted by Crippen LogP contribution is -2.04. The molecule has 18 heavy (non-hydrogen) atoms. The Morgan fingerprint density at radius 2 is 2.22 bits per heavy atom. The van der Waals surface area contributed by atoms with Crippen LogP contribution >= 0.6 is 11.6 Å². The second-order valence-corrected chi connectivity index (χ2v) is 4.48. The van der Waals surface area contributed by atoms with Crippen LogP contribution in [0.5, 0.6) is 0 Å². The van der Waals surface area contributed by atoms with Gasteiger partial charge in [0.15, 0.2) is 0 Å². The highest BCUT2D eigenvalue weighted by Crippen LogP contribution is 2.24. The number of methoxy groups -OCH3 is 1. The van der Waals surface area contributed by atoms with Gasteiger partial charge in [-0.1, -0.05) is 11.6 Å². The average Bonchev–Trinajstić information content (AvgIpc) is 2.62. The van der Waals surface area contributed by atoms with Crippen molar-refractivity contribution in [3.05, 3.63) is 23.0 Å². The Kier molecular flexibility index (Phi) is 4.04. The molecule has 1 aromatic heterocycles. The lowest BCUT2D eigenvalue weighted by atomic mass is 10.3. The number of aromatic nitrogens is 2. The van der Waals surface area contributed by atoms with Crippen LogP contribution in [0.2, 0.25) is 5.02 Å². The number of nitrogen functional groups attached to an aromatic ring is 1. The molecule has 1 aromatic carbocycles. The Labute approximate surface area is 109 Å². The Morgan fingerprint density at radius 1 is 1.44 bits per heavy atom. The molecule has 4 nitrogen and oxygen atoms in total. The summed E-state index contributed by atoms with van der Waals surface area (Å²) >= 11 is 5.71. The zero-order valence-electron chi connectivity index (χ0n) is 10.1. The number of fused-ring (bicyclic) bond motifs is 1. The van der Waals surface area contributed by atoms with E-state index in [1.807, 2.05) is 0 Å². The summed E-state index contributed by atoms with van der Waals surface area (Å²) in [5, 5.41) is 0.0616. The van der Waals surface area contributed by atoms with Crippen molar-refractivity contribution >= 4 is 28.6 Å². The van der Waals surface area contributed by atoms with Crippen molar-refractivity contribution in [1.29, 1.82) is 0 Å². The monoisotopic (exact) mass is 271 g/mol. The van der Waals surface area contributed by atoms with Crippen LogP contribution in [0.1, 0.15) is 12.8 Å². The van der Waals surface area contributed by atoms with Crippen molar-refractivity contribution in [2.75, 3.05) is 19.5 Å². The van der Waals surface area contributed by atoms with Crippen LogP contribution in [0.4, 0.5) is 10.3 Å². The molecule has 0 fully saturated rings. The summed E-state index contributed by atoms with van der Waals surface area (Å²) in [5.74, 6) is -0.0775. The molecule has 0 aliphatic carbocycles. The van der Waals surface area contributed by atoms with E-state index < -0.39 is 5.82 Å². The van der Waals surface area contributed by atoms with Gasteiger partial charge in [0.2, 0.25) is 5.95 Å². The van der Waals surface area contributed by atoms with Crippen molar-refractivity contribution in [1.82, 2.24) is 9.55 Å². The molecule has 2 aromatic rings. The maximum atomic E-state index is 13.4. The van der Waals surface area contributed by atoms with Crippen molar-refractivity contribution in [3.8, 4) is 0 Å². The number of anilines is 1. The SMILES string of the molecule is COCCCCn1c(N)nc2cc(Cl)c(F)cc21. The molecule has 6 heteroatoms. The first-order valence-electron chi connectivity index (χ1n) is 5.73. The molecule has 0 bridgehead atoms. The van der Waals surface area contributed by atoms with Gasteiger partial charge in [0.1, 0.15) is 5.82 Å². The van der Waals surface area contributed by atoms with Gasteiger partial charge in [-0.15, -0.1) is 0 Å². The minimum Gasteiger partial charge on any atom is -0.385 e. The van der Waals surface area contributed by atoms with E-state index in [0.29, 0.717) is 30.1 Å². The molecule has 0 saturated heterocycles. The van der Waals surface area contributed by atoms with E-state index in [9.17, 15) is 4.39 Å². The summed E-state index contributed by atoms with van der Waals surface area (Å²) in [5.41, 5.74) is 7.11. The zero-order chi connectivity index (χ0) is 13.1. The number of nitrogens with two attached hydrogens (primary N) is 1. The maximum Gasteiger partial charge on any atom is 0.201 e. The Balaban J connectivity index is 2.26. The molecule has 0 atom stereocenters. The van der Waals surface area contributed by atoms with Crippen molar-refractivity contribution in [3.63, 3.8) is 0 Å². The summed E-state index contributed by atoms with van der Waals surface area (Å²) in [7, 11) is 1.67. The average molecular weight is 272 g/mol. The van der Waals surface area contributed by atoms with E-state index in [1.54, 1.807) is 11.7 Å². The second-order valence-electron chi connectivity index (χ2n) is 4.08. The topological polar surface area (TPSA) is 53.1 Å². The third-order valence-corrected chi connectivity index (χ3v) is 3.09. The maximum absolute atomic E-state index is 13.4. The number of ether oxygens (including phenoxy) is 1. The Hall–Kier alpha value is -1.33. The summed E-state index contributed by atoms with van der Waals surface area (Å²) in [6.07, 6.45) is 1.82. The zero-order valence-corrected chi connectivity index (χ0v) is 10.9. The van der Waals surface area contributed by atoms with Gasteiger partial charge >= 0.3 is 0 Å². The Bertz CT molecular complexity index is 556. The number of rotatable bonds is 5. The number of halogens is 2. The first kappa shape index (κ1) is 13.1. The number of hydrogen-bond donors (Lipinski definition) is 1. The standard InChI is InChI=1S/C12H15ClFN3O/c1-18-5-3-2-4-17-11-7-9(14)8(13)6-10(11)16-12(17)15/h6-7H,2-5H2,1H3,(H2,15,16). The van der Waals surface area contributed by atoms with Crippen molar-refractivity contribution in [2.24, 2.45) is 0 Å². The van der Waals surface area contributed by atoms with Crippen LogP contribution in [0.3, 0.4) is 0 Å². The number of nitrogens with zero attached hydrogens (tertiary/aromatic N) is 2.